The van der Waals surface area contributed by atoms with Crippen LogP contribution in [0, 0.1) is 5.92 Å². The highest BCUT2D eigenvalue weighted by molar-refractivity contribution is 5.98. The van der Waals surface area contributed by atoms with Crippen LogP contribution in [0.1, 0.15) is 34.8 Å². The van der Waals surface area contributed by atoms with Gasteiger partial charge in [-0.1, -0.05) is 49.4 Å². The van der Waals surface area contributed by atoms with Crippen molar-refractivity contribution in [2.45, 2.75) is 38.5 Å². The summed E-state index contributed by atoms with van der Waals surface area (Å²) in [6, 6.07) is 19.9. The van der Waals surface area contributed by atoms with Crippen LogP contribution in [0.2, 0.25) is 0 Å². The van der Waals surface area contributed by atoms with Gasteiger partial charge in [-0.15, -0.1) is 0 Å². The zero-order chi connectivity index (χ0) is 27.7. The second-order valence-corrected chi connectivity index (χ2v) is 9.96. The highest BCUT2D eigenvalue weighted by Crippen LogP contribution is 2.35. The third-order valence-corrected chi connectivity index (χ3v) is 7.55. The fraction of sp³-hybridized carbons (Fsp3) is 0.345. The van der Waals surface area contributed by atoms with Gasteiger partial charge in [-0.2, -0.15) is 13.2 Å². The molecule has 2 aliphatic heterocycles. The second-order valence-electron chi connectivity index (χ2n) is 9.96. The summed E-state index contributed by atoms with van der Waals surface area (Å²) in [6.07, 6.45) is -3.80. The summed E-state index contributed by atoms with van der Waals surface area (Å²) >= 11 is 0. The first-order valence-corrected chi connectivity index (χ1v) is 12.9. The molecule has 5 rings (SSSR count). The van der Waals surface area contributed by atoms with E-state index in [0.717, 1.165) is 38.3 Å². The molecule has 0 bridgehead atoms. The first-order chi connectivity index (χ1) is 18.6. The maximum Gasteiger partial charge on any atom is 0.491 e. The van der Waals surface area contributed by atoms with Gasteiger partial charge in [0.1, 0.15) is 5.56 Å². The van der Waals surface area contributed by atoms with E-state index in [1.165, 1.54) is 11.6 Å². The molecular weight excluding hydrogens is 511 g/mol. The van der Waals surface area contributed by atoms with E-state index in [1.54, 1.807) is 6.92 Å². The van der Waals surface area contributed by atoms with E-state index in [-0.39, 0.29) is 0 Å². The fourth-order valence-electron chi connectivity index (χ4n) is 5.57. The lowest BCUT2D eigenvalue weighted by atomic mass is 10.0. The zero-order valence-electron chi connectivity index (χ0n) is 21.3. The van der Waals surface area contributed by atoms with Gasteiger partial charge in [0.2, 0.25) is 0 Å². The second kappa shape index (κ2) is 10.7. The highest BCUT2D eigenvalue weighted by atomic mass is 19.4. The van der Waals surface area contributed by atoms with Crippen molar-refractivity contribution in [1.82, 2.24) is 9.88 Å². The standard InChI is InChI=1S/C29H28F3N3O4/c1-2-19-14-23(27(37)39-28(38)29(30,31)32)26(36)33-25(19)20-8-10-22(11-9-20)35-16-21-12-13-34(24(21)17-35)15-18-6-4-3-5-7-18/h3-11,14,21,24H,2,12-13,15-17H2,1H3,(H,33,36)/t21-,24+/m1/s1. The van der Waals surface area contributed by atoms with E-state index in [4.69, 9.17) is 0 Å². The Hall–Kier alpha value is -3.92. The number of nitrogens with zero attached hydrogens (tertiary/aromatic N) is 2. The number of hydrogen-bond acceptors (Lipinski definition) is 6. The number of ether oxygens (including phenoxy) is 1. The van der Waals surface area contributed by atoms with Crippen LogP contribution in [0.4, 0.5) is 18.9 Å². The monoisotopic (exact) mass is 539 g/mol. The van der Waals surface area contributed by atoms with Crippen molar-refractivity contribution < 1.29 is 27.5 Å². The number of hydrogen-bond donors (Lipinski definition) is 1. The number of esters is 2. The molecule has 0 aliphatic carbocycles. The molecule has 2 aromatic carbocycles. The fourth-order valence-corrected chi connectivity index (χ4v) is 5.57. The van der Waals surface area contributed by atoms with E-state index < -0.39 is 29.2 Å². The van der Waals surface area contributed by atoms with Gasteiger partial charge in [0.15, 0.2) is 0 Å². The third kappa shape index (κ3) is 5.61. The molecule has 10 heteroatoms. The first-order valence-electron chi connectivity index (χ1n) is 12.9. The number of likely N-dealkylation sites (tertiary alicyclic amines) is 1. The number of rotatable bonds is 6. The molecular formula is C29H28F3N3O4. The summed E-state index contributed by atoms with van der Waals surface area (Å²) < 4.78 is 41.2. The molecule has 0 saturated carbocycles. The minimum Gasteiger partial charge on any atom is -0.382 e. The number of fused-ring (bicyclic) bond motifs is 1. The van der Waals surface area contributed by atoms with Crippen molar-refractivity contribution in [3.05, 3.63) is 87.7 Å². The van der Waals surface area contributed by atoms with Crippen LogP contribution >= 0.6 is 0 Å². The number of aryl methyl sites for hydroxylation is 1. The zero-order valence-corrected chi connectivity index (χ0v) is 21.3. The van der Waals surface area contributed by atoms with Crippen molar-refractivity contribution in [2.75, 3.05) is 24.5 Å². The minimum absolute atomic E-state index is 0.383. The first kappa shape index (κ1) is 26.7. The van der Waals surface area contributed by atoms with E-state index in [2.05, 4.69) is 43.8 Å². The number of benzene rings is 2. The largest absolute Gasteiger partial charge is 0.491 e. The number of pyridine rings is 1. The quantitative estimate of drug-likeness (QED) is 0.365. The lowest BCUT2D eigenvalue weighted by molar-refractivity contribution is -0.193. The number of carbonyl (C=O) groups excluding carboxylic acids is 2. The molecule has 0 unspecified atom stereocenters. The average molecular weight is 540 g/mol. The summed E-state index contributed by atoms with van der Waals surface area (Å²) in [5.74, 6) is -3.71. The average Bonchev–Trinajstić information content (AvgIpc) is 3.50. The maximum atomic E-state index is 12.5. The lowest BCUT2D eigenvalue weighted by Gasteiger charge is -2.25. The van der Waals surface area contributed by atoms with Crippen LogP contribution in [0.15, 0.2) is 65.5 Å². The van der Waals surface area contributed by atoms with Crippen LogP contribution in [0.25, 0.3) is 11.3 Å². The Morgan fingerprint density at radius 1 is 1.05 bits per heavy atom. The van der Waals surface area contributed by atoms with Crippen LogP contribution in [-0.4, -0.2) is 53.7 Å². The van der Waals surface area contributed by atoms with E-state index in [1.807, 2.05) is 30.3 Å². The Labute approximate surface area is 223 Å². The number of aromatic nitrogens is 1. The normalized spacial score (nSPS) is 19.2. The number of halogens is 3. The van der Waals surface area contributed by atoms with Gasteiger partial charge in [-0.05, 0) is 60.2 Å². The van der Waals surface area contributed by atoms with Gasteiger partial charge in [-0.3, -0.25) is 9.69 Å². The molecule has 1 aromatic heterocycles. The van der Waals surface area contributed by atoms with Crippen molar-refractivity contribution in [2.24, 2.45) is 5.92 Å². The Balaban J connectivity index is 1.30. The molecule has 2 atom stereocenters. The predicted octanol–water partition coefficient (Wildman–Crippen LogP) is 4.56. The molecule has 2 saturated heterocycles. The van der Waals surface area contributed by atoms with E-state index >= 15 is 0 Å². The molecule has 3 aromatic rings. The van der Waals surface area contributed by atoms with Crippen molar-refractivity contribution in [3.8, 4) is 11.3 Å². The smallest absolute Gasteiger partial charge is 0.382 e. The maximum absolute atomic E-state index is 12.5. The SMILES string of the molecule is CCc1cc(C(=O)OC(=O)C(F)(F)F)c(=O)[nH]c1-c1ccc(N2C[C@H]3CCN(Cc4ccccc4)[C@H]3C2)cc1. The van der Waals surface area contributed by atoms with E-state index in [0.29, 0.717) is 35.2 Å². The Morgan fingerprint density at radius 3 is 2.44 bits per heavy atom. The molecule has 2 aliphatic rings. The van der Waals surface area contributed by atoms with Crippen LogP contribution in [-0.2, 0) is 22.5 Å². The summed E-state index contributed by atoms with van der Waals surface area (Å²) in [6.45, 7) is 5.72. The van der Waals surface area contributed by atoms with Gasteiger partial charge >= 0.3 is 18.1 Å². The summed E-state index contributed by atoms with van der Waals surface area (Å²) in [7, 11) is 0. The molecule has 0 spiro atoms. The van der Waals surface area contributed by atoms with E-state index in [9.17, 15) is 27.6 Å². The molecule has 7 nitrogen and oxygen atoms in total. The van der Waals surface area contributed by atoms with Crippen LogP contribution < -0.4 is 10.5 Å². The molecule has 2 fully saturated rings. The van der Waals surface area contributed by atoms with Crippen LogP contribution in [0.3, 0.4) is 0 Å². The predicted molar refractivity (Wildman–Crippen MR) is 139 cm³/mol. The molecule has 1 N–H and O–H groups in total. The molecule has 0 radical (unpaired) electrons. The number of carbonyl (C=O) groups is 2. The van der Waals surface area contributed by atoms with Gasteiger partial charge in [0.05, 0.1) is 5.69 Å². The van der Waals surface area contributed by atoms with Crippen LogP contribution in [0.5, 0.6) is 0 Å². The summed E-state index contributed by atoms with van der Waals surface area (Å²) in [4.78, 5) is 43.1. The summed E-state index contributed by atoms with van der Waals surface area (Å²) in [5, 5.41) is 0. The van der Waals surface area contributed by atoms with Gasteiger partial charge in [0, 0.05) is 31.4 Å². The highest BCUT2D eigenvalue weighted by Gasteiger charge is 2.43. The number of aromatic amines is 1. The van der Waals surface area contributed by atoms with Crippen molar-refractivity contribution in [1.29, 1.82) is 0 Å². The van der Waals surface area contributed by atoms with Gasteiger partial charge < -0.3 is 14.6 Å². The molecule has 3 heterocycles. The Morgan fingerprint density at radius 2 is 1.77 bits per heavy atom. The molecule has 39 heavy (non-hydrogen) atoms. The number of alkyl halides is 3. The van der Waals surface area contributed by atoms with Gasteiger partial charge in [0.25, 0.3) is 5.56 Å². The lowest BCUT2D eigenvalue weighted by Crippen LogP contribution is -2.34. The molecule has 204 valence electrons. The number of nitrogens with one attached hydrogen (secondary N) is 1. The number of anilines is 1. The van der Waals surface area contributed by atoms with Crippen molar-refractivity contribution in [3.63, 3.8) is 0 Å². The number of H-pyrrole nitrogens is 1. The Kier molecular flexibility index (Phi) is 7.31. The Bertz CT molecular complexity index is 1420. The summed E-state index contributed by atoms with van der Waals surface area (Å²) in [5.41, 5.74) is 2.47. The topological polar surface area (TPSA) is 82.7 Å². The molecule has 0 amide bonds. The minimum atomic E-state index is -5.34. The van der Waals surface area contributed by atoms with Gasteiger partial charge in [-0.25, -0.2) is 9.59 Å². The third-order valence-electron chi connectivity index (χ3n) is 7.55. The van der Waals surface area contributed by atoms with Crippen molar-refractivity contribution >= 4 is 17.6 Å².